The topological polar surface area (TPSA) is 57.6 Å². The van der Waals surface area contributed by atoms with Crippen LogP contribution in [0, 0.1) is 0 Å². The van der Waals surface area contributed by atoms with Crippen LogP contribution in [0.3, 0.4) is 0 Å². The highest BCUT2D eigenvalue weighted by Crippen LogP contribution is 2.22. The van der Waals surface area contributed by atoms with E-state index in [-0.39, 0.29) is 5.91 Å². The van der Waals surface area contributed by atoms with Gasteiger partial charge in [-0.2, -0.15) is 0 Å². The van der Waals surface area contributed by atoms with Gasteiger partial charge in [0.15, 0.2) is 0 Å². The SMILES string of the molecule is CCCCCCc1ccc(N2CCCC2=O)cc1.CCCc1ccc(C(=O)O)s1. The molecular formula is C24H33NO3S. The van der Waals surface area contributed by atoms with Gasteiger partial charge in [-0.3, -0.25) is 4.79 Å². The van der Waals surface area contributed by atoms with Gasteiger partial charge in [0, 0.05) is 23.5 Å². The maximum Gasteiger partial charge on any atom is 0.345 e. The standard InChI is InChI=1S/C16H23NO.C8H10O2S/c1-2-3-4-5-7-14-9-11-15(12-10-14)17-13-6-8-16(17)18;1-2-3-6-4-5-7(11-6)8(9)10/h9-12H,2-8,13H2,1H3;4-5H,2-3H2,1H3,(H,9,10). The number of carboxylic acid groups (broad SMARTS) is 1. The van der Waals surface area contributed by atoms with Gasteiger partial charge in [-0.05, 0) is 55.5 Å². The quantitative estimate of drug-likeness (QED) is 0.487. The molecule has 3 rings (SSSR count). The summed E-state index contributed by atoms with van der Waals surface area (Å²) >= 11 is 1.37. The number of aryl methyl sites for hydroxylation is 2. The Kier molecular flexibility index (Phi) is 9.92. The summed E-state index contributed by atoms with van der Waals surface area (Å²) in [6, 6.07) is 12.1. The lowest BCUT2D eigenvalue weighted by molar-refractivity contribution is -0.117. The van der Waals surface area contributed by atoms with Gasteiger partial charge < -0.3 is 10.0 Å². The Morgan fingerprint density at radius 3 is 2.31 bits per heavy atom. The van der Waals surface area contributed by atoms with Crippen molar-refractivity contribution in [1.29, 1.82) is 0 Å². The number of carbonyl (C=O) groups excluding carboxylic acids is 1. The van der Waals surface area contributed by atoms with Gasteiger partial charge in [-0.1, -0.05) is 51.7 Å². The molecule has 1 aliphatic heterocycles. The van der Waals surface area contributed by atoms with E-state index in [4.69, 9.17) is 5.11 Å². The van der Waals surface area contributed by atoms with Crippen LogP contribution in [-0.2, 0) is 17.6 Å². The smallest absolute Gasteiger partial charge is 0.345 e. The van der Waals surface area contributed by atoms with Crippen LogP contribution in [0.15, 0.2) is 36.4 Å². The molecule has 1 aliphatic rings. The van der Waals surface area contributed by atoms with Crippen LogP contribution >= 0.6 is 11.3 Å². The summed E-state index contributed by atoms with van der Waals surface area (Å²) in [6.45, 7) is 5.21. The van der Waals surface area contributed by atoms with Crippen molar-refractivity contribution in [3.05, 3.63) is 51.7 Å². The zero-order valence-corrected chi connectivity index (χ0v) is 18.5. The maximum absolute atomic E-state index is 11.6. The highest BCUT2D eigenvalue weighted by molar-refractivity contribution is 7.13. The molecule has 2 aromatic rings. The molecule has 0 spiro atoms. The molecule has 0 bridgehead atoms. The largest absolute Gasteiger partial charge is 0.477 e. The zero-order chi connectivity index (χ0) is 21.1. The van der Waals surface area contributed by atoms with Gasteiger partial charge in [0.25, 0.3) is 0 Å². The van der Waals surface area contributed by atoms with Gasteiger partial charge in [-0.25, -0.2) is 4.79 Å². The normalized spacial score (nSPS) is 13.3. The molecule has 1 amide bonds. The van der Waals surface area contributed by atoms with E-state index >= 15 is 0 Å². The van der Waals surface area contributed by atoms with Crippen LogP contribution in [0.4, 0.5) is 5.69 Å². The summed E-state index contributed by atoms with van der Waals surface area (Å²) in [5, 5.41) is 8.58. The zero-order valence-electron chi connectivity index (χ0n) is 17.7. The number of aromatic carboxylic acids is 1. The molecule has 2 heterocycles. The minimum atomic E-state index is -0.822. The van der Waals surface area contributed by atoms with Gasteiger partial charge in [0.2, 0.25) is 5.91 Å². The molecule has 0 saturated carbocycles. The Labute approximate surface area is 178 Å². The summed E-state index contributed by atoms with van der Waals surface area (Å²) < 4.78 is 0. The molecule has 1 N–H and O–H groups in total. The van der Waals surface area contributed by atoms with Crippen LogP contribution in [0.25, 0.3) is 0 Å². The number of carbonyl (C=O) groups is 2. The Bertz CT molecular complexity index is 767. The Hall–Kier alpha value is -2.14. The van der Waals surface area contributed by atoms with Crippen LogP contribution in [0.1, 0.15) is 78.9 Å². The van der Waals surface area contributed by atoms with Gasteiger partial charge in [0.1, 0.15) is 4.88 Å². The summed E-state index contributed by atoms with van der Waals surface area (Å²) in [6.07, 6.45) is 10.1. The van der Waals surface area contributed by atoms with Crippen LogP contribution in [0.5, 0.6) is 0 Å². The Balaban J connectivity index is 0.000000234. The first-order valence-corrected chi connectivity index (χ1v) is 11.6. The molecule has 5 heteroatoms. The van der Waals surface area contributed by atoms with E-state index < -0.39 is 5.97 Å². The van der Waals surface area contributed by atoms with E-state index in [1.54, 1.807) is 6.07 Å². The summed E-state index contributed by atoms with van der Waals surface area (Å²) in [5.74, 6) is -0.553. The minimum absolute atomic E-state index is 0.269. The Morgan fingerprint density at radius 2 is 1.76 bits per heavy atom. The van der Waals surface area contributed by atoms with Crippen LogP contribution < -0.4 is 4.90 Å². The lowest BCUT2D eigenvalue weighted by atomic mass is 10.1. The van der Waals surface area contributed by atoms with Gasteiger partial charge in [0.05, 0.1) is 0 Å². The van der Waals surface area contributed by atoms with Crippen molar-refractivity contribution in [3.8, 4) is 0 Å². The third kappa shape index (κ3) is 7.65. The molecule has 158 valence electrons. The molecule has 1 saturated heterocycles. The molecule has 1 aromatic heterocycles. The first-order chi connectivity index (χ1) is 14.0. The van der Waals surface area contributed by atoms with Crippen molar-refractivity contribution < 1.29 is 14.7 Å². The number of nitrogens with zero attached hydrogens (tertiary/aromatic N) is 1. The monoisotopic (exact) mass is 415 g/mol. The first-order valence-electron chi connectivity index (χ1n) is 10.8. The van der Waals surface area contributed by atoms with Crippen molar-refractivity contribution >= 4 is 28.9 Å². The third-order valence-corrected chi connectivity index (χ3v) is 6.14. The van der Waals surface area contributed by atoms with Crippen LogP contribution in [-0.4, -0.2) is 23.5 Å². The summed E-state index contributed by atoms with van der Waals surface area (Å²) in [4.78, 5) is 25.6. The van der Waals surface area contributed by atoms with E-state index in [1.165, 1.54) is 42.6 Å². The number of hydrogen-bond donors (Lipinski definition) is 1. The van der Waals surface area contributed by atoms with E-state index in [2.05, 4.69) is 38.1 Å². The molecule has 0 aliphatic carbocycles. The average Bonchev–Trinajstić information content (AvgIpc) is 3.36. The van der Waals surface area contributed by atoms with Crippen molar-refractivity contribution in [2.45, 2.75) is 71.6 Å². The third-order valence-electron chi connectivity index (χ3n) is 5.01. The van der Waals surface area contributed by atoms with E-state index in [9.17, 15) is 9.59 Å². The van der Waals surface area contributed by atoms with Crippen LogP contribution in [0.2, 0.25) is 0 Å². The molecule has 0 unspecified atom stereocenters. The predicted octanol–water partition coefficient (Wildman–Crippen LogP) is 6.34. The van der Waals surface area contributed by atoms with E-state index in [0.29, 0.717) is 11.3 Å². The Morgan fingerprint density at radius 1 is 1.00 bits per heavy atom. The highest BCUT2D eigenvalue weighted by atomic mass is 32.1. The predicted molar refractivity (Wildman–Crippen MR) is 121 cm³/mol. The fourth-order valence-electron chi connectivity index (χ4n) is 3.39. The fourth-order valence-corrected chi connectivity index (χ4v) is 4.34. The van der Waals surface area contributed by atoms with Crippen molar-refractivity contribution in [3.63, 3.8) is 0 Å². The van der Waals surface area contributed by atoms with Crippen molar-refractivity contribution in [1.82, 2.24) is 0 Å². The second kappa shape index (κ2) is 12.4. The number of rotatable bonds is 9. The number of carboxylic acids is 1. The number of benzene rings is 1. The molecule has 1 aromatic carbocycles. The number of thiophene rings is 1. The lowest BCUT2D eigenvalue weighted by Gasteiger charge is -2.15. The average molecular weight is 416 g/mol. The lowest BCUT2D eigenvalue weighted by Crippen LogP contribution is -2.23. The van der Waals surface area contributed by atoms with E-state index in [1.807, 2.05) is 11.0 Å². The van der Waals surface area contributed by atoms with Gasteiger partial charge in [-0.15, -0.1) is 11.3 Å². The second-order valence-corrected chi connectivity index (χ2v) is 8.62. The fraction of sp³-hybridized carbons (Fsp3) is 0.500. The summed E-state index contributed by atoms with van der Waals surface area (Å²) in [5.41, 5.74) is 2.45. The second-order valence-electron chi connectivity index (χ2n) is 7.45. The molecular weight excluding hydrogens is 382 g/mol. The van der Waals surface area contributed by atoms with Gasteiger partial charge >= 0.3 is 5.97 Å². The highest BCUT2D eigenvalue weighted by Gasteiger charge is 2.21. The molecule has 0 atom stereocenters. The first kappa shape index (κ1) is 23.1. The number of hydrogen-bond acceptors (Lipinski definition) is 3. The van der Waals surface area contributed by atoms with Crippen molar-refractivity contribution in [2.75, 3.05) is 11.4 Å². The number of amides is 1. The maximum atomic E-state index is 11.6. The molecule has 0 radical (unpaired) electrons. The van der Waals surface area contributed by atoms with E-state index in [0.717, 1.165) is 42.8 Å². The summed E-state index contributed by atoms with van der Waals surface area (Å²) in [7, 11) is 0. The molecule has 1 fully saturated rings. The molecule has 4 nitrogen and oxygen atoms in total. The minimum Gasteiger partial charge on any atom is -0.477 e. The number of anilines is 1. The van der Waals surface area contributed by atoms with Crippen molar-refractivity contribution in [2.24, 2.45) is 0 Å². The number of unbranched alkanes of at least 4 members (excludes halogenated alkanes) is 3. The molecule has 29 heavy (non-hydrogen) atoms.